The van der Waals surface area contributed by atoms with E-state index in [1.165, 1.54) is 0 Å². The molecular formula is C16H24O3. The SMILES string of the molecule is CC(C)CC=COC(Cc1ccccc1)C(O)CO. The summed E-state index contributed by atoms with van der Waals surface area (Å²) in [5.74, 6) is 0.579. The summed E-state index contributed by atoms with van der Waals surface area (Å²) in [6.07, 6.45) is 3.81. The van der Waals surface area contributed by atoms with Gasteiger partial charge in [-0.15, -0.1) is 0 Å². The molecule has 0 fully saturated rings. The first-order chi connectivity index (χ1) is 9.13. The Kier molecular flexibility index (Phi) is 7.23. The lowest BCUT2D eigenvalue weighted by atomic mass is 10.0. The second-order valence-electron chi connectivity index (χ2n) is 5.12. The van der Waals surface area contributed by atoms with E-state index in [2.05, 4.69) is 13.8 Å². The van der Waals surface area contributed by atoms with Gasteiger partial charge in [-0.1, -0.05) is 44.2 Å². The van der Waals surface area contributed by atoms with Crippen molar-refractivity contribution < 1.29 is 14.9 Å². The van der Waals surface area contributed by atoms with Gasteiger partial charge in [-0.05, 0) is 24.0 Å². The molecule has 2 N–H and O–H groups in total. The maximum atomic E-state index is 9.78. The highest BCUT2D eigenvalue weighted by molar-refractivity contribution is 5.15. The molecule has 106 valence electrons. The van der Waals surface area contributed by atoms with Crippen molar-refractivity contribution in [1.29, 1.82) is 0 Å². The molecule has 3 heteroatoms. The molecule has 19 heavy (non-hydrogen) atoms. The minimum Gasteiger partial charge on any atom is -0.495 e. The van der Waals surface area contributed by atoms with Crippen LogP contribution in [0.25, 0.3) is 0 Å². The van der Waals surface area contributed by atoms with E-state index in [1.807, 2.05) is 36.4 Å². The summed E-state index contributed by atoms with van der Waals surface area (Å²) in [5, 5.41) is 18.9. The molecule has 0 aromatic heterocycles. The second kappa shape index (κ2) is 8.73. The van der Waals surface area contributed by atoms with Crippen molar-refractivity contribution >= 4 is 0 Å². The monoisotopic (exact) mass is 264 g/mol. The molecule has 2 unspecified atom stereocenters. The van der Waals surface area contributed by atoms with Crippen LogP contribution in [0.3, 0.4) is 0 Å². The molecule has 1 aromatic rings. The Morgan fingerprint density at radius 2 is 1.89 bits per heavy atom. The molecule has 3 nitrogen and oxygen atoms in total. The van der Waals surface area contributed by atoms with Crippen LogP contribution in [-0.2, 0) is 11.2 Å². The second-order valence-corrected chi connectivity index (χ2v) is 5.12. The third kappa shape index (κ3) is 6.41. The van der Waals surface area contributed by atoms with Crippen molar-refractivity contribution in [1.82, 2.24) is 0 Å². The van der Waals surface area contributed by atoms with Crippen LogP contribution in [0.5, 0.6) is 0 Å². The van der Waals surface area contributed by atoms with E-state index in [-0.39, 0.29) is 6.61 Å². The molecule has 0 bridgehead atoms. The van der Waals surface area contributed by atoms with E-state index < -0.39 is 12.2 Å². The van der Waals surface area contributed by atoms with Crippen molar-refractivity contribution in [2.75, 3.05) is 6.61 Å². The van der Waals surface area contributed by atoms with Gasteiger partial charge < -0.3 is 14.9 Å². The number of hydrogen-bond donors (Lipinski definition) is 2. The van der Waals surface area contributed by atoms with Gasteiger partial charge in [0.1, 0.15) is 12.2 Å². The molecule has 0 aliphatic carbocycles. The van der Waals surface area contributed by atoms with E-state index in [0.29, 0.717) is 12.3 Å². The Labute approximate surface area is 115 Å². The summed E-state index contributed by atoms with van der Waals surface area (Å²) < 4.78 is 5.56. The normalized spacial score (nSPS) is 14.8. The number of allylic oxidation sites excluding steroid dienone is 1. The topological polar surface area (TPSA) is 49.7 Å². The fourth-order valence-corrected chi connectivity index (χ4v) is 1.72. The zero-order valence-corrected chi connectivity index (χ0v) is 11.7. The predicted octanol–water partition coefficient (Wildman–Crippen LogP) is 2.53. The average molecular weight is 264 g/mol. The van der Waals surface area contributed by atoms with Crippen LogP contribution in [0, 0.1) is 5.92 Å². The van der Waals surface area contributed by atoms with Crippen LogP contribution >= 0.6 is 0 Å². The Balaban J connectivity index is 2.55. The summed E-state index contributed by atoms with van der Waals surface area (Å²) in [4.78, 5) is 0. The number of rotatable bonds is 8. The predicted molar refractivity (Wildman–Crippen MR) is 76.7 cm³/mol. The third-order valence-electron chi connectivity index (χ3n) is 2.85. The van der Waals surface area contributed by atoms with Crippen LogP contribution in [0.15, 0.2) is 42.7 Å². The third-order valence-corrected chi connectivity index (χ3v) is 2.85. The van der Waals surface area contributed by atoms with Crippen molar-refractivity contribution in [2.45, 2.75) is 38.9 Å². The maximum Gasteiger partial charge on any atom is 0.130 e. The standard InChI is InChI=1S/C16H24O3/c1-13(2)7-6-10-19-16(15(18)12-17)11-14-8-4-3-5-9-14/h3-6,8-10,13,15-18H,7,11-12H2,1-2H3. The quantitative estimate of drug-likeness (QED) is 0.709. The molecule has 1 rings (SSSR count). The summed E-state index contributed by atoms with van der Waals surface area (Å²) in [6, 6.07) is 9.82. The van der Waals surface area contributed by atoms with Crippen LogP contribution in [0.2, 0.25) is 0 Å². The van der Waals surface area contributed by atoms with Gasteiger partial charge in [0.05, 0.1) is 12.9 Å². The van der Waals surface area contributed by atoms with Gasteiger partial charge in [0, 0.05) is 6.42 Å². The van der Waals surface area contributed by atoms with Gasteiger partial charge >= 0.3 is 0 Å². The lowest BCUT2D eigenvalue weighted by molar-refractivity contribution is -0.0211. The number of hydrogen-bond acceptors (Lipinski definition) is 3. The van der Waals surface area contributed by atoms with Gasteiger partial charge in [-0.2, -0.15) is 0 Å². The molecule has 0 aliphatic rings. The Hall–Kier alpha value is -1.32. The highest BCUT2D eigenvalue weighted by atomic mass is 16.5. The van der Waals surface area contributed by atoms with E-state index in [1.54, 1.807) is 6.26 Å². The van der Waals surface area contributed by atoms with E-state index in [0.717, 1.165) is 12.0 Å². The van der Waals surface area contributed by atoms with Gasteiger partial charge in [0.2, 0.25) is 0 Å². The van der Waals surface area contributed by atoms with Gasteiger partial charge in [0.25, 0.3) is 0 Å². The van der Waals surface area contributed by atoms with E-state index >= 15 is 0 Å². The molecule has 0 spiro atoms. The van der Waals surface area contributed by atoms with Crippen molar-refractivity contribution in [3.63, 3.8) is 0 Å². The van der Waals surface area contributed by atoms with E-state index in [4.69, 9.17) is 9.84 Å². The Morgan fingerprint density at radius 3 is 2.47 bits per heavy atom. The van der Waals surface area contributed by atoms with Gasteiger partial charge in [-0.25, -0.2) is 0 Å². The number of benzene rings is 1. The molecule has 1 aromatic carbocycles. The molecule has 0 heterocycles. The Morgan fingerprint density at radius 1 is 1.21 bits per heavy atom. The molecular weight excluding hydrogens is 240 g/mol. The molecule has 0 amide bonds. The lowest BCUT2D eigenvalue weighted by Gasteiger charge is -2.21. The van der Waals surface area contributed by atoms with Crippen LogP contribution < -0.4 is 0 Å². The molecule has 2 atom stereocenters. The van der Waals surface area contributed by atoms with Crippen LogP contribution in [0.1, 0.15) is 25.8 Å². The van der Waals surface area contributed by atoms with Gasteiger partial charge in [0.15, 0.2) is 0 Å². The summed E-state index contributed by atoms with van der Waals surface area (Å²) >= 11 is 0. The summed E-state index contributed by atoms with van der Waals surface area (Å²) in [7, 11) is 0. The van der Waals surface area contributed by atoms with Crippen molar-refractivity contribution in [3.05, 3.63) is 48.2 Å². The summed E-state index contributed by atoms with van der Waals surface area (Å²) in [5.41, 5.74) is 1.08. The first-order valence-corrected chi connectivity index (χ1v) is 6.76. The molecule has 0 saturated carbocycles. The Bertz CT molecular complexity index is 360. The van der Waals surface area contributed by atoms with Crippen molar-refractivity contribution in [3.8, 4) is 0 Å². The minimum absolute atomic E-state index is 0.296. The first-order valence-electron chi connectivity index (χ1n) is 6.76. The van der Waals surface area contributed by atoms with Crippen molar-refractivity contribution in [2.24, 2.45) is 5.92 Å². The fourth-order valence-electron chi connectivity index (χ4n) is 1.72. The molecule has 0 aliphatic heterocycles. The summed E-state index contributed by atoms with van der Waals surface area (Å²) in [6.45, 7) is 3.97. The average Bonchev–Trinajstić information content (AvgIpc) is 2.42. The highest BCUT2D eigenvalue weighted by Crippen LogP contribution is 2.11. The van der Waals surface area contributed by atoms with Crippen LogP contribution in [0.4, 0.5) is 0 Å². The minimum atomic E-state index is -0.871. The zero-order chi connectivity index (χ0) is 14.1. The number of ether oxygens (including phenoxy) is 1. The largest absolute Gasteiger partial charge is 0.495 e. The maximum absolute atomic E-state index is 9.78. The van der Waals surface area contributed by atoms with E-state index in [9.17, 15) is 5.11 Å². The van der Waals surface area contributed by atoms with Crippen LogP contribution in [-0.4, -0.2) is 29.0 Å². The lowest BCUT2D eigenvalue weighted by Crippen LogP contribution is -2.32. The smallest absolute Gasteiger partial charge is 0.130 e. The molecule has 0 radical (unpaired) electrons. The number of aliphatic hydroxyl groups excluding tert-OH is 2. The highest BCUT2D eigenvalue weighted by Gasteiger charge is 2.19. The molecule has 0 saturated heterocycles. The number of aliphatic hydroxyl groups is 2. The fraction of sp³-hybridized carbons (Fsp3) is 0.500. The zero-order valence-electron chi connectivity index (χ0n) is 11.7. The first kappa shape index (κ1) is 15.7. The van der Waals surface area contributed by atoms with Gasteiger partial charge in [-0.3, -0.25) is 0 Å².